The van der Waals surface area contributed by atoms with Crippen LogP contribution in [0, 0.1) is 0 Å². The molecule has 0 aliphatic carbocycles. The van der Waals surface area contributed by atoms with E-state index in [1.165, 1.54) is 9.75 Å². The fourth-order valence-electron chi connectivity index (χ4n) is 1.35. The summed E-state index contributed by atoms with van der Waals surface area (Å²) < 4.78 is 0. The van der Waals surface area contributed by atoms with Crippen molar-refractivity contribution in [3.05, 3.63) is 83.6 Å². The van der Waals surface area contributed by atoms with Gasteiger partial charge in [-0.15, -0.1) is 22.7 Å². The molecule has 0 bridgehead atoms. The maximum absolute atomic E-state index is 2.15. The molecule has 0 saturated carbocycles. The van der Waals surface area contributed by atoms with E-state index < -0.39 is 0 Å². The van der Waals surface area contributed by atoms with Gasteiger partial charge in [-0.05, 0) is 22.9 Å². The highest BCUT2D eigenvalue weighted by atomic mass is 32.1. The van der Waals surface area contributed by atoms with E-state index in [4.69, 9.17) is 0 Å². The lowest BCUT2D eigenvalue weighted by atomic mass is 10.3. The zero-order valence-corrected chi connectivity index (χ0v) is 11.5. The van der Waals surface area contributed by atoms with E-state index in [1.54, 1.807) is 22.7 Å². The van der Waals surface area contributed by atoms with Gasteiger partial charge in [0.25, 0.3) is 0 Å². The third-order valence-corrected chi connectivity index (χ3v) is 4.11. The second kappa shape index (κ2) is 7.64. The van der Waals surface area contributed by atoms with E-state index in [0.717, 1.165) is 0 Å². The molecule has 2 rings (SSSR count). The average molecular weight is 270 g/mol. The number of rotatable bonds is 1. The lowest BCUT2D eigenvalue weighted by molar-refractivity contribution is 1.79. The molecule has 0 saturated heterocycles. The Hall–Kier alpha value is -1.64. The number of hydrogen-bond donors (Lipinski definition) is 0. The molecular weight excluding hydrogens is 256 g/mol. The predicted octanol–water partition coefficient (Wildman–Crippen LogP) is 5.73. The van der Waals surface area contributed by atoms with Crippen LogP contribution in [0.25, 0.3) is 9.75 Å². The van der Waals surface area contributed by atoms with Crippen molar-refractivity contribution in [1.29, 1.82) is 0 Å². The van der Waals surface area contributed by atoms with E-state index in [9.17, 15) is 0 Å². The molecule has 2 heteroatoms. The summed E-state index contributed by atoms with van der Waals surface area (Å²) in [6.45, 7) is 0. The minimum absolute atomic E-state index is 1.26. The summed E-state index contributed by atoms with van der Waals surface area (Å²) in [5, 5.41) is 4.21. The molecule has 2 aromatic heterocycles. The van der Waals surface area contributed by atoms with Crippen LogP contribution in [0.3, 0.4) is 0 Å². The van der Waals surface area contributed by atoms with Crippen LogP contribution in [0.1, 0.15) is 0 Å². The van der Waals surface area contributed by atoms with Crippen LogP contribution in [0.2, 0.25) is 0 Å². The standard InChI is InChI=1S/C16H14S2/c1-3-7-11-15(17-13-9-5-1)16-12-8-4-2-6-10-14-18-16/h1-14H. The molecule has 18 heavy (non-hydrogen) atoms. The van der Waals surface area contributed by atoms with Crippen molar-refractivity contribution in [1.82, 2.24) is 0 Å². The molecule has 0 aromatic carbocycles. The van der Waals surface area contributed by atoms with Crippen molar-refractivity contribution < 1.29 is 0 Å². The van der Waals surface area contributed by atoms with Gasteiger partial charge in [0, 0.05) is 9.75 Å². The van der Waals surface area contributed by atoms with Crippen molar-refractivity contribution in [2.45, 2.75) is 0 Å². The normalized spacial score (nSPS) is 9.11. The predicted molar refractivity (Wildman–Crippen MR) is 82.9 cm³/mol. The van der Waals surface area contributed by atoms with Gasteiger partial charge in [-0.1, -0.05) is 60.7 Å². The Morgan fingerprint density at radius 2 is 0.833 bits per heavy atom. The topological polar surface area (TPSA) is 0 Å². The smallest absolute Gasteiger partial charge is 0.0442 e. The van der Waals surface area contributed by atoms with Crippen LogP contribution < -0.4 is 0 Å². The second-order valence-corrected chi connectivity index (χ2v) is 5.39. The molecule has 0 aliphatic rings. The first-order valence-electron chi connectivity index (χ1n) is 5.71. The van der Waals surface area contributed by atoms with Gasteiger partial charge >= 0.3 is 0 Å². The average Bonchev–Trinajstić information content (AvgIpc) is 2.61. The third kappa shape index (κ3) is 4.32. The van der Waals surface area contributed by atoms with E-state index in [-0.39, 0.29) is 0 Å². The van der Waals surface area contributed by atoms with E-state index in [0.29, 0.717) is 0 Å². The van der Waals surface area contributed by atoms with Gasteiger partial charge in [0.1, 0.15) is 0 Å². The lowest BCUT2D eigenvalue weighted by Gasteiger charge is -1.92. The van der Waals surface area contributed by atoms with Crippen LogP contribution in [-0.2, 0) is 0 Å². The molecule has 0 unspecified atom stereocenters. The summed E-state index contributed by atoms with van der Waals surface area (Å²) in [5.41, 5.74) is 0. The minimum atomic E-state index is 1.26. The summed E-state index contributed by atoms with van der Waals surface area (Å²) >= 11 is 3.48. The lowest BCUT2D eigenvalue weighted by Crippen LogP contribution is -1.63. The highest BCUT2D eigenvalue weighted by Gasteiger charge is 1.92. The summed E-state index contributed by atoms with van der Waals surface area (Å²) in [5.74, 6) is 0. The maximum Gasteiger partial charge on any atom is 0.0442 e. The van der Waals surface area contributed by atoms with Gasteiger partial charge < -0.3 is 0 Å². The molecule has 0 N–H and O–H groups in total. The third-order valence-electron chi connectivity index (χ3n) is 2.17. The first-order valence-corrected chi connectivity index (χ1v) is 7.47. The highest BCUT2D eigenvalue weighted by Crippen LogP contribution is 2.24. The van der Waals surface area contributed by atoms with Crippen molar-refractivity contribution in [2.24, 2.45) is 0 Å². The zero-order valence-electron chi connectivity index (χ0n) is 9.90. The van der Waals surface area contributed by atoms with Gasteiger partial charge in [0.05, 0.1) is 0 Å². The van der Waals surface area contributed by atoms with E-state index >= 15 is 0 Å². The fraction of sp³-hybridized carbons (Fsp3) is 0. The Bertz CT molecular complexity index is 477. The van der Waals surface area contributed by atoms with Gasteiger partial charge in [0.2, 0.25) is 0 Å². The molecular formula is C16H14S2. The molecule has 0 aliphatic heterocycles. The zero-order chi connectivity index (χ0) is 12.5. The van der Waals surface area contributed by atoms with E-state index in [2.05, 4.69) is 47.2 Å². The molecule has 90 valence electrons. The van der Waals surface area contributed by atoms with Crippen LogP contribution in [0.5, 0.6) is 0 Å². The molecule has 0 spiro atoms. The quantitative estimate of drug-likeness (QED) is 0.621. The Morgan fingerprint density at radius 3 is 1.33 bits per heavy atom. The van der Waals surface area contributed by atoms with Gasteiger partial charge in [-0.2, -0.15) is 0 Å². The first kappa shape index (κ1) is 12.8. The summed E-state index contributed by atoms with van der Waals surface area (Å²) in [4.78, 5) is 2.51. The highest BCUT2D eigenvalue weighted by molar-refractivity contribution is 7.19. The summed E-state index contributed by atoms with van der Waals surface area (Å²) in [6, 6.07) is 24.8. The Kier molecular flexibility index (Phi) is 5.44. The van der Waals surface area contributed by atoms with Crippen LogP contribution >= 0.6 is 22.7 Å². The monoisotopic (exact) mass is 270 g/mol. The largest absolute Gasteiger partial charge is 0.143 e. The van der Waals surface area contributed by atoms with Gasteiger partial charge in [-0.3, -0.25) is 0 Å². The van der Waals surface area contributed by atoms with Crippen molar-refractivity contribution in [2.75, 3.05) is 0 Å². The Labute approximate surface area is 116 Å². The molecule has 0 fully saturated rings. The van der Waals surface area contributed by atoms with Crippen LogP contribution in [0.15, 0.2) is 83.6 Å². The Morgan fingerprint density at radius 1 is 0.444 bits per heavy atom. The van der Waals surface area contributed by atoms with Crippen molar-refractivity contribution in [3.63, 3.8) is 0 Å². The molecule has 0 atom stereocenters. The summed E-state index contributed by atoms with van der Waals surface area (Å²) in [7, 11) is 0. The molecule has 2 aromatic rings. The van der Waals surface area contributed by atoms with Crippen LogP contribution in [-0.4, -0.2) is 0 Å². The van der Waals surface area contributed by atoms with Gasteiger partial charge in [-0.25, -0.2) is 0 Å². The van der Waals surface area contributed by atoms with Crippen LogP contribution in [0.4, 0.5) is 0 Å². The maximum atomic E-state index is 2.15. The second-order valence-electron chi connectivity index (χ2n) is 3.49. The molecule has 0 nitrogen and oxygen atoms in total. The van der Waals surface area contributed by atoms with Crippen molar-refractivity contribution >= 4 is 22.7 Å². The van der Waals surface area contributed by atoms with E-state index in [1.807, 2.05) is 36.4 Å². The summed E-state index contributed by atoms with van der Waals surface area (Å²) in [6.07, 6.45) is 0. The fourth-order valence-corrected chi connectivity index (χ4v) is 2.95. The molecule has 0 radical (unpaired) electrons. The molecule has 0 amide bonds. The van der Waals surface area contributed by atoms with Gasteiger partial charge in [0.15, 0.2) is 0 Å². The minimum Gasteiger partial charge on any atom is -0.143 e. The Balaban J connectivity index is 2.56. The number of hydrogen-bond acceptors (Lipinski definition) is 2. The van der Waals surface area contributed by atoms with Crippen molar-refractivity contribution in [3.8, 4) is 9.75 Å². The SMILES string of the molecule is c1cccsc(-c2cccccccs2)ccc1. The molecule has 2 heterocycles. The first-order chi connectivity index (χ1) is 8.97.